The summed E-state index contributed by atoms with van der Waals surface area (Å²) in [6, 6.07) is 39.8. The van der Waals surface area contributed by atoms with E-state index in [1.807, 2.05) is 60.7 Å². The lowest BCUT2D eigenvalue weighted by Crippen LogP contribution is -2.40. The maximum Gasteiger partial charge on any atom is 0.411 e. The molecule has 0 radical (unpaired) electrons. The van der Waals surface area contributed by atoms with Crippen LogP contribution >= 0.6 is 34.3 Å². The molecule has 8 aromatic rings. The molecule has 5 N–H and O–H groups in total. The number of ether oxygens (including phenoxy) is 2. The molecule has 0 saturated carbocycles. The van der Waals surface area contributed by atoms with E-state index in [4.69, 9.17) is 22.1 Å². The molecule has 0 aliphatic carbocycles. The molecule has 0 saturated heterocycles. The molecule has 79 heavy (non-hydrogen) atoms. The van der Waals surface area contributed by atoms with Crippen LogP contribution in [0, 0.1) is 20.2 Å². The second-order valence-corrected chi connectivity index (χ2v) is 24.7. The van der Waals surface area contributed by atoms with Crippen molar-refractivity contribution in [1.82, 2.24) is 19.4 Å². The number of aromatic nitrogens is 2. The number of benzene rings is 6. The number of nitro benzene ring substituents is 2. The Kier molecular flexibility index (Phi) is 19.9. The van der Waals surface area contributed by atoms with Crippen LogP contribution in [0.1, 0.15) is 52.7 Å². The number of rotatable bonds is 15. The Morgan fingerprint density at radius 3 is 1.41 bits per heavy atom. The lowest BCUT2D eigenvalue weighted by Gasteiger charge is -2.22. The van der Waals surface area contributed by atoms with Crippen LogP contribution in [0.3, 0.4) is 0 Å². The van der Waals surface area contributed by atoms with E-state index in [9.17, 15) is 46.7 Å². The monoisotopic (exact) mass is 1170 g/mol. The van der Waals surface area contributed by atoms with E-state index in [2.05, 4.69) is 29.5 Å². The molecule has 20 nitrogen and oxygen atoms in total. The Morgan fingerprint density at radius 1 is 0.595 bits per heavy atom. The van der Waals surface area contributed by atoms with E-state index >= 15 is 0 Å². The molecule has 412 valence electrons. The van der Waals surface area contributed by atoms with E-state index in [0.717, 1.165) is 11.1 Å². The van der Waals surface area contributed by atoms with Crippen LogP contribution in [-0.4, -0.2) is 59.2 Å². The van der Waals surface area contributed by atoms with Crippen LogP contribution in [-0.2, 0) is 42.7 Å². The molecule has 2 aromatic heterocycles. The molecule has 0 bridgehead atoms. The van der Waals surface area contributed by atoms with Crippen LogP contribution < -0.4 is 20.5 Å². The lowest BCUT2D eigenvalue weighted by molar-refractivity contribution is -0.385. The Morgan fingerprint density at radius 2 is 1.00 bits per heavy atom. The Hall–Kier alpha value is -7.97. The number of hydrogen-bond donors (Lipinski definition) is 4. The van der Waals surface area contributed by atoms with Gasteiger partial charge in [-0.15, -0.1) is 22.7 Å². The third-order valence-corrected chi connectivity index (χ3v) is 16.2. The highest BCUT2D eigenvalue weighted by molar-refractivity contribution is 7.90. The number of carbonyl (C=O) groups is 2. The molecule has 1 amide bonds. The van der Waals surface area contributed by atoms with Gasteiger partial charge in [0.05, 0.1) is 29.4 Å². The first-order valence-corrected chi connectivity index (χ1v) is 28.5. The lowest BCUT2D eigenvalue weighted by atomic mass is 10.1. The number of nitrogens with one attached hydrogen (secondary N) is 3. The SMILES string of the molecule is CC(C)(C)NS(=O)(=O)c1cc(N)ccc1-c1cnc(-c2ccc([N+](=O)[O-])cc2)s1.CC(C)(C)NS(=O)(=O)c1cc(NC(=O)OCc2ccccc2)ccc1-c1cnc(-c2ccc([N+](=O)[O-])cc2)s1.O=C(Cl)OCc1ccccc1. The summed E-state index contributed by atoms with van der Waals surface area (Å²) in [5.74, 6) is 0. The van der Waals surface area contributed by atoms with Crippen molar-refractivity contribution in [2.45, 2.75) is 75.6 Å². The summed E-state index contributed by atoms with van der Waals surface area (Å²) in [6.45, 7) is 10.8. The number of nitrogen functional groups attached to an aromatic ring is 1. The number of halogens is 1. The Balaban J connectivity index is 0.000000220. The quantitative estimate of drug-likeness (QED) is 0.0321. The van der Waals surface area contributed by atoms with Gasteiger partial charge in [0.15, 0.2) is 0 Å². The zero-order valence-electron chi connectivity index (χ0n) is 43.2. The summed E-state index contributed by atoms with van der Waals surface area (Å²) >= 11 is 7.50. The molecule has 25 heteroatoms. The predicted octanol–water partition coefficient (Wildman–Crippen LogP) is 12.8. The standard InChI is InChI=1S/C27H26N4O6S2.C19H20N4O4S2.C8H7ClO2/c1-27(2,3)30-39(35,36)24-15-20(29-26(32)37-17-18-7-5-4-6-8-18)11-14-22(24)23-16-28-25(38-23)19-9-12-21(13-10-19)31(33)34;1-19(2,3)22-29(26,27)17-10-13(20)6-9-15(17)16-11-21-18(28-16)12-4-7-14(8-5-12)23(24)25;9-8(10)11-6-7-4-2-1-3-5-7/h4-16,30H,17H2,1-3H3,(H,29,32);4-11,22H,20H2,1-3H3;1-5H,6H2. The summed E-state index contributed by atoms with van der Waals surface area (Å²) in [4.78, 5) is 53.4. The van der Waals surface area contributed by atoms with Crippen LogP contribution in [0.2, 0.25) is 0 Å². The highest BCUT2D eigenvalue weighted by Gasteiger charge is 2.28. The second kappa shape index (κ2) is 26.1. The van der Waals surface area contributed by atoms with Crippen molar-refractivity contribution in [2.75, 3.05) is 11.1 Å². The normalized spacial score (nSPS) is 11.5. The number of nitro groups is 2. The van der Waals surface area contributed by atoms with E-state index in [-0.39, 0.29) is 40.1 Å². The number of non-ortho nitro benzene ring substituents is 2. The van der Waals surface area contributed by atoms with Crippen LogP contribution in [0.25, 0.3) is 42.0 Å². The van der Waals surface area contributed by atoms with Crippen LogP contribution in [0.15, 0.2) is 168 Å². The van der Waals surface area contributed by atoms with E-state index in [1.54, 1.807) is 102 Å². The van der Waals surface area contributed by atoms with Gasteiger partial charge in [0, 0.05) is 93.0 Å². The number of hydrogen-bond acceptors (Lipinski definition) is 17. The van der Waals surface area contributed by atoms with Crippen molar-refractivity contribution in [3.05, 3.63) is 189 Å². The number of sulfonamides is 2. The van der Waals surface area contributed by atoms with Gasteiger partial charge in [-0.1, -0.05) is 72.8 Å². The van der Waals surface area contributed by atoms with E-state index in [1.165, 1.54) is 59.1 Å². The van der Waals surface area contributed by atoms with Gasteiger partial charge in [-0.2, -0.15) is 0 Å². The second-order valence-electron chi connectivity index (χ2n) is 19.0. The first-order chi connectivity index (χ1) is 37.2. The molecule has 6 aromatic carbocycles. The predicted molar refractivity (Wildman–Crippen MR) is 307 cm³/mol. The number of nitrogens with two attached hydrogens (primary N) is 1. The summed E-state index contributed by atoms with van der Waals surface area (Å²) < 4.78 is 67.8. The van der Waals surface area contributed by atoms with Gasteiger partial charge in [-0.25, -0.2) is 45.8 Å². The number of carbonyl (C=O) groups excluding carboxylic acids is 2. The first-order valence-electron chi connectivity index (χ1n) is 23.5. The molecule has 2 heterocycles. The Bertz CT molecular complexity index is 3670. The summed E-state index contributed by atoms with van der Waals surface area (Å²) in [7, 11) is -7.83. The molecule has 0 fully saturated rings. The molecule has 0 atom stereocenters. The maximum absolute atomic E-state index is 13.4. The number of thiazole rings is 2. The smallest absolute Gasteiger partial charge is 0.411 e. The fraction of sp³-hybridized carbons (Fsp3) is 0.185. The highest BCUT2D eigenvalue weighted by atomic mass is 35.5. The molecule has 8 rings (SSSR count). The fourth-order valence-corrected chi connectivity index (χ4v) is 12.5. The van der Waals surface area contributed by atoms with Crippen molar-refractivity contribution in [3.8, 4) is 42.0 Å². The van der Waals surface area contributed by atoms with Crippen molar-refractivity contribution in [3.63, 3.8) is 0 Å². The van der Waals surface area contributed by atoms with Crippen molar-refractivity contribution in [2.24, 2.45) is 0 Å². The zero-order valence-corrected chi connectivity index (χ0v) is 47.2. The number of anilines is 2. The fourth-order valence-electron chi connectivity index (χ4n) is 7.01. The Labute approximate surface area is 469 Å². The molecule has 0 unspecified atom stereocenters. The van der Waals surface area contributed by atoms with Gasteiger partial charge in [0.25, 0.3) is 11.4 Å². The van der Waals surface area contributed by atoms with Crippen LogP contribution in [0.5, 0.6) is 0 Å². The topological polar surface area (TPSA) is 295 Å². The molecular weight excluding hydrogens is 1120 g/mol. The van der Waals surface area contributed by atoms with Crippen LogP contribution in [0.4, 0.5) is 32.3 Å². The third-order valence-electron chi connectivity index (χ3n) is 10.3. The molecule has 0 aliphatic rings. The summed E-state index contributed by atoms with van der Waals surface area (Å²) in [5, 5.41) is 25.6. The number of amides is 1. The zero-order chi connectivity index (χ0) is 57.7. The minimum atomic E-state index is -4.02. The maximum atomic E-state index is 13.4. The van der Waals surface area contributed by atoms with Crippen molar-refractivity contribution < 1.29 is 45.7 Å². The molecule has 0 aliphatic heterocycles. The molecule has 0 spiro atoms. The van der Waals surface area contributed by atoms with Gasteiger partial charge >= 0.3 is 11.5 Å². The minimum absolute atomic E-state index is 0.00861. The third kappa shape index (κ3) is 18.0. The van der Waals surface area contributed by atoms with Crippen molar-refractivity contribution in [1.29, 1.82) is 0 Å². The van der Waals surface area contributed by atoms with E-state index in [0.29, 0.717) is 47.7 Å². The summed E-state index contributed by atoms with van der Waals surface area (Å²) in [5.41, 5.74) is 8.18. The van der Waals surface area contributed by atoms with E-state index < -0.39 is 52.5 Å². The van der Waals surface area contributed by atoms with Gasteiger partial charge in [-0.3, -0.25) is 25.5 Å². The van der Waals surface area contributed by atoms with Crippen molar-refractivity contribution >= 4 is 88.6 Å². The largest absolute Gasteiger partial charge is 0.449 e. The molecular formula is C54H53ClN8O12S4. The van der Waals surface area contributed by atoms with Gasteiger partial charge in [-0.05, 0) is 101 Å². The highest BCUT2D eigenvalue weighted by Crippen LogP contribution is 2.39. The van der Waals surface area contributed by atoms with Gasteiger partial charge in [0.1, 0.15) is 23.2 Å². The average molecular weight is 1170 g/mol. The first kappa shape index (κ1) is 60.3. The summed E-state index contributed by atoms with van der Waals surface area (Å²) in [6.07, 6.45) is 2.41. The van der Waals surface area contributed by atoms with Gasteiger partial charge in [0.2, 0.25) is 20.0 Å². The average Bonchev–Trinajstić information content (AvgIpc) is 4.31. The number of nitrogens with zero attached hydrogens (tertiary/aromatic N) is 4. The van der Waals surface area contributed by atoms with Gasteiger partial charge < -0.3 is 15.2 Å². The minimum Gasteiger partial charge on any atom is -0.449 e.